The van der Waals surface area contributed by atoms with Gasteiger partial charge in [0.2, 0.25) is 5.13 Å². The predicted octanol–water partition coefficient (Wildman–Crippen LogP) is 0.926. The first-order valence-electron chi connectivity index (χ1n) is 6.77. The summed E-state index contributed by atoms with van der Waals surface area (Å²) in [6.45, 7) is 0.544. The molecule has 2 heterocycles. The summed E-state index contributed by atoms with van der Waals surface area (Å²) in [5, 5.41) is 26.8. The number of carbonyl (C=O) groups is 1. The van der Waals surface area contributed by atoms with Gasteiger partial charge in [0.1, 0.15) is 5.51 Å². The molecule has 9 heteroatoms. The third-order valence-corrected chi connectivity index (χ3v) is 4.07. The summed E-state index contributed by atoms with van der Waals surface area (Å²) in [7, 11) is 0. The third-order valence-electron chi connectivity index (χ3n) is 3.46. The van der Waals surface area contributed by atoms with E-state index in [0.29, 0.717) is 11.7 Å². The van der Waals surface area contributed by atoms with E-state index in [0.717, 1.165) is 30.5 Å². The molecule has 1 aliphatic rings. The molecule has 112 valence electrons. The molecule has 0 spiro atoms. The topological polar surface area (TPSA) is 105 Å². The van der Waals surface area contributed by atoms with Crippen LogP contribution in [-0.2, 0) is 13.0 Å². The molecular formula is C12H16N6O2S. The van der Waals surface area contributed by atoms with Crippen molar-refractivity contribution in [3.8, 4) is 0 Å². The molecule has 0 saturated carbocycles. The van der Waals surface area contributed by atoms with Gasteiger partial charge in [0.05, 0.1) is 25.4 Å². The largest absolute Gasteiger partial charge is 0.394 e. The van der Waals surface area contributed by atoms with Crippen LogP contribution in [0.3, 0.4) is 0 Å². The van der Waals surface area contributed by atoms with Crippen molar-refractivity contribution in [2.24, 2.45) is 0 Å². The second-order valence-electron chi connectivity index (χ2n) is 4.78. The molecule has 2 amide bonds. The monoisotopic (exact) mass is 308 g/mol. The smallest absolute Gasteiger partial charge is 0.321 e. The highest BCUT2D eigenvalue weighted by molar-refractivity contribution is 7.13. The zero-order valence-corrected chi connectivity index (χ0v) is 12.1. The van der Waals surface area contributed by atoms with E-state index in [-0.39, 0.29) is 18.7 Å². The molecule has 2 aromatic rings. The number of aliphatic hydroxyl groups excluding tert-OH is 1. The number of hydrogen-bond donors (Lipinski definition) is 3. The predicted molar refractivity (Wildman–Crippen MR) is 77.1 cm³/mol. The van der Waals surface area contributed by atoms with Crippen LogP contribution in [0, 0.1) is 0 Å². The Kier molecular flexibility index (Phi) is 4.11. The van der Waals surface area contributed by atoms with Crippen molar-refractivity contribution in [3.05, 3.63) is 23.0 Å². The molecule has 21 heavy (non-hydrogen) atoms. The molecule has 0 unspecified atom stereocenters. The molecular weight excluding hydrogens is 292 g/mol. The van der Waals surface area contributed by atoms with Gasteiger partial charge in [-0.3, -0.25) is 10.00 Å². The highest BCUT2D eigenvalue weighted by Crippen LogP contribution is 2.29. The van der Waals surface area contributed by atoms with Crippen LogP contribution in [0.25, 0.3) is 0 Å². The number of amides is 2. The molecule has 0 bridgehead atoms. The number of hydrogen-bond acceptors (Lipinski definition) is 6. The van der Waals surface area contributed by atoms with Crippen molar-refractivity contribution in [3.63, 3.8) is 0 Å². The first-order chi connectivity index (χ1) is 10.3. The van der Waals surface area contributed by atoms with Gasteiger partial charge in [0.15, 0.2) is 0 Å². The lowest BCUT2D eigenvalue weighted by Crippen LogP contribution is -2.34. The van der Waals surface area contributed by atoms with Gasteiger partial charge in [-0.1, -0.05) is 11.3 Å². The SMILES string of the molecule is O=C(Nc1nncs1)N[C@H]1CCCc2c1cnn2CCO. The molecule has 1 aliphatic carbocycles. The van der Waals surface area contributed by atoms with Crippen molar-refractivity contribution < 1.29 is 9.90 Å². The minimum absolute atomic E-state index is 0.0593. The number of fused-ring (bicyclic) bond motifs is 1. The zero-order chi connectivity index (χ0) is 14.7. The summed E-state index contributed by atoms with van der Waals surface area (Å²) in [6.07, 6.45) is 4.56. The maximum absolute atomic E-state index is 12.0. The van der Waals surface area contributed by atoms with Crippen molar-refractivity contribution in [2.45, 2.75) is 31.8 Å². The van der Waals surface area contributed by atoms with E-state index in [2.05, 4.69) is 25.9 Å². The number of anilines is 1. The van der Waals surface area contributed by atoms with Crippen molar-refractivity contribution in [1.29, 1.82) is 0 Å². The number of urea groups is 1. The summed E-state index contributed by atoms with van der Waals surface area (Å²) >= 11 is 1.27. The minimum Gasteiger partial charge on any atom is -0.394 e. The van der Waals surface area contributed by atoms with Gasteiger partial charge in [-0.05, 0) is 19.3 Å². The Bertz CT molecular complexity index is 611. The first-order valence-corrected chi connectivity index (χ1v) is 7.65. The van der Waals surface area contributed by atoms with E-state index >= 15 is 0 Å². The Labute approximate surface area is 125 Å². The highest BCUT2D eigenvalue weighted by Gasteiger charge is 2.25. The molecule has 2 aromatic heterocycles. The first kappa shape index (κ1) is 14.0. The van der Waals surface area contributed by atoms with Crippen LogP contribution < -0.4 is 10.6 Å². The normalized spacial score (nSPS) is 17.3. The zero-order valence-electron chi connectivity index (χ0n) is 11.3. The molecule has 0 radical (unpaired) electrons. The average Bonchev–Trinajstić information content (AvgIpc) is 3.10. The summed E-state index contributed by atoms with van der Waals surface area (Å²) in [6, 6.07) is -0.353. The van der Waals surface area contributed by atoms with Crippen molar-refractivity contribution in [2.75, 3.05) is 11.9 Å². The molecule has 3 N–H and O–H groups in total. The Hall–Kier alpha value is -2.00. The van der Waals surface area contributed by atoms with Crippen molar-refractivity contribution in [1.82, 2.24) is 25.3 Å². The molecule has 1 atom stereocenters. The van der Waals surface area contributed by atoms with Gasteiger partial charge in [0.25, 0.3) is 0 Å². The minimum atomic E-state index is -0.292. The Balaban J connectivity index is 1.69. The molecule has 3 rings (SSSR count). The van der Waals surface area contributed by atoms with Crippen LogP contribution in [-0.4, -0.2) is 37.7 Å². The fourth-order valence-corrected chi connectivity index (χ4v) is 3.02. The van der Waals surface area contributed by atoms with Gasteiger partial charge < -0.3 is 10.4 Å². The van der Waals surface area contributed by atoms with E-state index in [9.17, 15) is 4.79 Å². The quantitative estimate of drug-likeness (QED) is 0.779. The van der Waals surface area contributed by atoms with Crippen LogP contribution in [0.4, 0.5) is 9.93 Å². The van der Waals surface area contributed by atoms with Gasteiger partial charge in [-0.25, -0.2) is 4.79 Å². The average molecular weight is 308 g/mol. The number of rotatable bonds is 4. The lowest BCUT2D eigenvalue weighted by Gasteiger charge is -2.24. The summed E-state index contributed by atoms with van der Waals surface area (Å²) in [4.78, 5) is 12.0. The van der Waals surface area contributed by atoms with E-state index in [1.165, 1.54) is 11.3 Å². The number of carbonyl (C=O) groups excluding carboxylic acids is 1. The molecule has 8 nitrogen and oxygen atoms in total. The molecule has 0 aromatic carbocycles. The second kappa shape index (κ2) is 6.19. The van der Waals surface area contributed by atoms with E-state index < -0.39 is 0 Å². The van der Waals surface area contributed by atoms with Crippen LogP contribution in [0.15, 0.2) is 11.7 Å². The maximum Gasteiger partial charge on any atom is 0.321 e. The van der Waals surface area contributed by atoms with E-state index in [4.69, 9.17) is 5.11 Å². The lowest BCUT2D eigenvalue weighted by molar-refractivity contribution is 0.246. The Morgan fingerprint density at radius 3 is 3.24 bits per heavy atom. The summed E-state index contributed by atoms with van der Waals surface area (Å²) < 4.78 is 1.81. The number of nitrogens with one attached hydrogen (secondary N) is 2. The van der Waals surface area contributed by atoms with Gasteiger partial charge in [-0.15, -0.1) is 10.2 Å². The molecule has 0 saturated heterocycles. The third kappa shape index (κ3) is 3.03. The fourth-order valence-electron chi connectivity index (χ4n) is 2.58. The standard InChI is InChI=1S/C12H16N6O2S/c19-5-4-18-10-3-1-2-9(8(10)6-14-18)15-11(20)16-12-17-13-7-21-12/h6-7,9,19H,1-5H2,(H2,15,16,17,20)/t9-/m0/s1. The van der Waals surface area contributed by atoms with Crippen LogP contribution in [0.5, 0.6) is 0 Å². The Morgan fingerprint density at radius 2 is 2.48 bits per heavy atom. The van der Waals surface area contributed by atoms with Gasteiger partial charge >= 0.3 is 6.03 Å². The Morgan fingerprint density at radius 1 is 1.57 bits per heavy atom. The summed E-state index contributed by atoms with van der Waals surface area (Å²) in [5.74, 6) is 0. The fraction of sp³-hybridized carbons (Fsp3) is 0.500. The molecule has 0 fully saturated rings. The van der Waals surface area contributed by atoms with Crippen molar-refractivity contribution >= 4 is 22.5 Å². The number of aliphatic hydroxyl groups is 1. The van der Waals surface area contributed by atoms with Gasteiger partial charge in [-0.2, -0.15) is 5.10 Å². The van der Waals surface area contributed by atoms with Crippen LogP contribution in [0.2, 0.25) is 0 Å². The lowest BCUT2D eigenvalue weighted by atomic mass is 9.93. The second-order valence-corrected chi connectivity index (χ2v) is 5.61. The number of aromatic nitrogens is 4. The maximum atomic E-state index is 12.0. The molecule has 0 aliphatic heterocycles. The highest BCUT2D eigenvalue weighted by atomic mass is 32.1. The van der Waals surface area contributed by atoms with E-state index in [1.54, 1.807) is 11.7 Å². The van der Waals surface area contributed by atoms with Gasteiger partial charge in [0, 0.05) is 11.3 Å². The van der Waals surface area contributed by atoms with E-state index in [1.807, 2.05) is 4.68 Å². The number of nitrogens with zero attached hydrogens (tertiary/aromatic N) is 4. The summed E-state index contributed by atoms with van der Waals surface area (Å²) in [5.41, 5.74) is 3.69. The van der Waals surface area contributed by atoms with Crippen LogP contribution >= 0.6 is 11.3 Å². The van der Waals surface area contributed by atoms with Crippen LogP contribution in [0.1, 0.15) is 30.1 Å².